The Morgan fingerprint density at radius 1 is 1.40 bits per heavy atom. The van der Waals surface area contributed by atoms with Crippen molar-refractivity contribution in [2.24, 2.45) is 11.7 Å². The van der Waals surface area contributed by atoms with Crippen molar-refractivity contribution in [3.63, 3.8) is 0 Å². The van der Waals surface area contributed by atoms with Crippen LogP contribution in [0.2, 0.25) is 0 Å². The molecule has 20 heavy (non-hydrogen) atoms. The molecular formula is C14H18N2O3S. The maximum absolute atomic E-state index is 11.1. The molecule has 1 fully saturated rings. The molecule has 2 heterocycles. The molecule has 0 spiro atoms. The normalized spacial score (nSPS) is 17.6. The summed E-state index contributed by atoms with van der Waals surface area (Å²) < 4.78 is 0. The van der Waals surface area contributed by atoms with Crippen molar-refractivity contribution in [2.75, 3.05) is 13.1 Å². The highest BCUT2D eigenvalue weighted by atomic mass is 32.1. The Bertz CT molecular complexity index is 516. The second-order valence-electron chi connectivity index (χ2n) is 4.93. The molecule has 1 aliphatic heterocycles. The van der Waals surface area contributed by atoms with Gasteiger partial charge in [-0.15, -0.1) is 11.3 Å². The second-order valence-corrected chi connectivity index (χ2v) is 6.13. The second kappa shape index (κ2) is 6.67. The van der Waals surface area contributed by atoms with Crippen LogP contribution in [0.5, 0.6) is 0 Å². The SMILES string of the molecule is NC(=O)C1CCN(Cc2ccc(C=CC(=O)O)s2)CC1. The van der Waals surface area contributed by atoms with E-state index in [2.05, 4.69) is 4.90 Å². The number of carbonyl (C=O) groups excluding carboxylic acids is 1. The van der Waals surface area contributed by atoms with Crippen LogP contribution in [0.4, 0.5) is 0 Å². The van der Waals surface area contributed by atoms with E-state index in [1.165, 1.54) is 4.88 Å². The molecule has 0 radical (unpaired) electrons. The summed E-state index contributed by atoms with van der Waals surface area (Å²) in [4.78, 5) is 26.0. The fourth-order valence-electron chi connectivity index (χ4n) is 2.32. The van der Waals surface area contributed by atoms with Gasteiger partial charge in [0.25, 0.3) is 0 Å². The molecule has 6 heteroatoms. The van der Waals surface area contributed by atoms with Crippen molar-refractivity contribution in [3.05, 3.63) is 28.0 Å². The van der Waals surface area contributed by atoms with E-state index < -0.39 is 5.97 Å². The molecule has 2 rings (SSSR count). The number of carboxylic acid groups (broad SMARTS) is 1. The maximum Gasteiger partial charge on any atom is 0.328 e. The molecular weight excluding hydrogens is 276 g/mol. The zero-order chi connectivity index (χ0) is 14.5. The number of hydrogen-bond acceptors (Lipinski definition) is 4. The van der Waals surface area contributed by atoms with Gasteiger partial charge in [-0.25, -0.2) is 4.79 Å². The maximum atomic E-state index is 11.1. The first-order chi connectivity index (χ1) is 9.54. The standard InChI is InChI=1S/C14H18N2O3S/c15-14(19)10-5-7-16(8-6-10)9-12-2-1-11(20-12)3-4-13(17)18/h1-4,10H,5-9H2,(H2,15,19)(H,17,18). The lowest BCUT2D eigenvalue weighted by Crippen LogP contribution is -2.37. The summed E-state index contributed by atoms with van der Waals surface area (Å²) in [6, 6.07) is 3.95. The molecule has 1 amide bonds. The number of likely N-dealkylation sites (tertiary alicyclic amines) is 1. The topological polar surface area (TPSA) is 83.6 Å². The summed E-state index contributed by atoms with van der Waals surface area (Å²) >= 11 is 1.59. The Morgan fingerprint density at radius 2 is 2.10 bits per heavy atom. The first-order valence-corrected chi connectivity index (χ1v) is 7.37. The van der Waals surface area contributed by atoms with Gasteiger partial charge < -0.3 is 10.8 Å². The van der Waals surface area contributed by atoms with E-state index in [0.29, 0.717) is 0 Å². The first kappa shape index (κ1) is 14.7. The fraction of sp³-hybridized carbons (Fsp3) is 0.429. The number of nitrogens with two attached hydrogens (primary N) is 1. The lowest BCUT2D eigenvalue weighted by molar-refractivity contribution is -0.131. The van der Waals surface area contributed by atoms with Crippen LogP contribution < -0.4 is 5.73 Å². The molecule has 5 nitrogen and oxygen atoms in total. The first-order valence-electron chi connectivity index (χ1n) is 6.56. The summed E-state index contributed by atoms with van der Waals surface area (Å²) in [7, 11) is 0. The third-order valence-electron chi connectivity index (χ3n) is 3.44. The average molecular weight is 294 g/mol. The number of thiophene rings is 1. The van der Waals surface area contributed by atoms with Gasteiger partial charge in [-0.05, 0) is 44.1 Å². The van der Waals surface area contributed by atoms with Gasteiger partial charge in [0.05, 0.1) is 0 Å². The van der Waals surface area contributed by atoms with Gasteiger partial charge in [0.2, 0.25) is 5.91 Å². The van der Waals surface area contributed by atoms with E-state index in [9.17, 15) is 9.59 Å². The summed E-state index contributed by atoms with van der Waals surface area (Å²) in [5, 5.41) is 8.58. The highest BCUT2D eigenvalue weighted by Gasteiger charge is 2.23. The quantitative estimate of drug-likeness (QED) is 0.807. The minimum atomic E-state index is -0.937. The minimum Gasteiger partial charge on any atom is -0.478 e. The van der Waals surface area contributed by atoms with E-state index in [1.807, 2.05) is 12.1 Å². The van der Waals surface area contributed by atoms with Crippen LogP contribution in [-0.2, 0) is 16.1 Å². The Hall–Kier alpha value is -1.66. The minimum absolute atomic E-state index is 0.0173. The molecule has 1 saturated heterocycles. The van der Waals surface area contributed by atoms with Crippen LogP contribution in [0.15, 0.2) is 18.2 Å². The van der Waals surface area contributed by atoms with Gasteiger partial charge >= 0.3 is 5.97 Å². The molecule has 1 aromatic rings. The Balaban J connectivity index is 1.86. The number of carboxylic acids is 1. The summed E-state index contributed by atoms with van der Waals surface area (Å²) in [5.41, 5.74) is 5.32. The van der Waals surface area contributed by atoms with Gasteiger partial charge in [-0.1, -0.05) is 0 Å². The lowest BCUT2D eigenvalue weighted by atomic mass is 9.96. The molecule has 0 atom stereocenters. The lowest BCUT2D eigenvalue weighted by Gasteiger charge is -2.29. The van der Waals surface area contributed by atoms with Crippen LogP contribution in [-0.4, -0.2) is 35.0 Å². The van der Waals surface area contributed by atoms with E-state index in [1.54, 1.807) is 17.4 Å². The van der Waals surface area contributed by atoms with Crippen molar-refractivity contribution in [3.8, 4) is 0 Å². The zero-order valence-electron chi connectivity index (χ0n) is 11.1. The third-order valence-corrected chi connectivity index (χ3v) is 4.48. The van der Waals surface area contributed by atoms with Gasteiger partial charge in [-0.2, -0.15) is 0 Å². The van der Waals surface area contributed by atoms with Crippen LogP contribution >= 0.6 is 11.3 Å². The largest absolute Gasteiger partial charge is 0.478 e. The zero-order valence-corrected chi connectivity index (χ0v) is 11.9. The average Bonchev–Trinajstić information content (AvgIpc) is 2.84. The fourth-order valence-corrected chi connectivity index (χ4v) is 3.28. The van der Waals surface area contributed by atoms with Crippen LogP contribution in [0.1, 0.15) is 22.6 Å². The van der Waals surface area contributed by atoms with Crippen molar-refractivity contribution in [1.29, 1.82) is 0 Å². The number of carbonyl (C=O) groups is 2. The Kier molecular flexibility index (Phi) is 4.92. The van der Waals surface area contributed by atoms with Crippen LogP contribution in [0, 0.1) is 5.92 Å². The van der Waals surface area contributed by atoms with E-state index >= 15 is 0 Å². The molecule has 0 aliphatic carbocycles. The number of rotatable bonds is 5. The van der Waals surface area contributed by atoms with Gasteiger partial charge in [-0.3, -0.25) is 9.69 Å². The molecule has 1 aliphatic rings. The van der Waals surface area contributed by atoms with E-state index in [-0.39, 0.29) is 11.8 Å². The van der Waals surface area contributed by atoms with Crippen LogP contribution in [0.25, 0.3) is 6.08 Å². The van der Waals surface area contributed by atoms with Crippen LogP contribution in [0.3, 0.4) is 0 Å². The summed E-state index contributed by atoms with van der Waals surface area (Å²) in [6.07, 6.45) is 4.41. The van der Waals surface area contributed by atoms with E-state index in [0.717, 1.165) is 43.4 Å². The smallest absolute Gasteiger partial charge is 0.328 e. The van der Waals surface area contributed by atoms with Crippen molar-refractivity contribution < 1.29 is 14.7 Å². The molecule has 0 saturated carbocycles. The number of nitrogens with zero attached hydrogens (tertiary/aromatic N) is 1. The number of hydrogen-bond donors (Lipinski definition) is 2. The molecule has 1 aromatic heterocycles. The highest BCUT2D eigenvalue weighted by molar-refractivity contribution is 7.12. The number of piperidine rings is 1. The summed E-state index contributed by atoms with van der Waals surface area (Å²) in [5.74, 6) is -1.11. The van der Waals surface area contributed by atoms with Gasteiger partial charge in [0, 0.05) is 28.3 Å². The Morgan fingerprint density at radius 3 is 2.70 bits per heavy atom. The number of aliphatic carboxylic acids is 1. The third kappa shape index (κ3) is 4.18. The Labute approximate surface area is 121 Å². The molecule has 0 aromatic carbocycles. The monoisotopic (exact) mass is 294 g/mol. The highest BCUT2D eigenvalue weighted by Crippen LogP contribution is 2.23. The van der Waals surface area contributed by atoms with Gasteiger partial charge in [0.1, 0.15) is 0 Å². The molecule has 3 N–H and O–H groups in total. The predicted molar refractivity (Wildman–Crippen MR) is 78.2 cm³/mol. The molecule has 0 bridgehead atoms. The van der Waals surface area contributed by atoms with Gasteiger partial charge in [0.15, 0.2) is 0 Å². The summed E-state index contributed by atoms with van der Waals surface area (Å²) in [6.45, 7) is 2.61. The molecule has 108 valence electrons. The number of amides is 1. The predicted octanol–water partition coefficient (Wildman–Crippen LogP) is 1.54. The van der Waals surface area contributed by atoms with E-state index in [4.69, 9.17) is 10.8 Å². The van der Waals surface area contributed by atoms with Crippen molar-refractivity contribution >= 4 is 29.3 Å². The molecule has 0 unspecified atom stereocenters. The van der Waals surface area contributed by atoms with Crippen molar-refractivity contribution in [1.82, 2.24) is 4.90 Å². The van der Waals surface area contributed by atoms with Crippen molar-refractivity contribution in [2.45, 2.75) is 19.4 Å². The number of primary amides is 1.